The second kappa shape index (κ2) is 13.4. The van der Waals surface area contributed by atoms with Crippen LogP contribution in [0.2, 0.25) is 0 Å². The number of oxazole rings is 1. The standard InChI is InChI=1S/C22H36N6OS.HI/c1-5-19-14-25-21(30-19)7-10-24-22(23-6-2)26-13-18-8-11-28(12-9-18)15-20-27-16(3)17(4)29-20;/h14,18H,5-13,15H2,1-4H3,(H2,23,24,26);1H. The average Bonchev–Trinajstić information content (AvgIpc) is 3.33. The van der Waals surface area contributed by atoms with Gasteiger partial charge >= 0.3 is 0 Å². The molecule has 1 aliphatic heterocycles. The Kier molecular flexibility index (Phi) is 11.2. The molecule has 0 amide bonds. The van der Waals surface area contributed by atoms with Crippen molar-refractivity contribution >= 4 is 41.3 Å². The highest BCUT2D eigenvalue weighted by atomic mass is 127. The molecular weight excluding hydrogens is 523 g/mol. The molecule has 0 radical (unpaired) electrons. The normalized spacial score (nSPS) is 15.7. The van der Waals surface area contributed by atoms with Crippen molar-refractivity contribution in [3.05, 3.63) is 33.4 Å². The Balaban J connectivity index is 0.00000341. The zero-order valence-electron chi connectivity index (χ0n) is 19.2. The average molecular weight is 561 g/mol. The number of hydrogen-bond acceptors (Lipinski definition) is 6. The third kappa shape index (κ3) is 8.34. The molecular formula is C22H37IN6OS. The SMILES string of the molecule is CCNC(=NCC1CCN(Cc2nc(C)c(C)o2)CC1)NCCc1ncc(CC)s1.I. The Bertz CT molecular complexity index is 793. The smallest absolute Gasteiger partial charge is 0.208 e. The molecule has 0 aromatic carbocycles. The van der Waals surface area contributed by atoms with E-state index in [4.69, 9.17) is 9.41 Å². The van der Waals surface area contributed by atoms with E-state index in [0.29, 0.717) is 5.92 Å². The Morgan fingerprint density at radius 2 is 2.03 bits per heavy atom. The fourth-order valence-corrected chi connectivity index (χ4v) is 4.46. The topological polar surface area (TPSA) is 78.6 Å². The van der Waals surface area contributed by atoms with E-state index >= 15 is 0 Å². The Morgan fingerprint density at radius 3 is 2.65 bits per heavy atom. The quantitative estimate of drug-likeness (QED) is 0.275. The summed E-state index contributed by atoms with van der Waals surface area (Å²) < 4.78 is 5.73. The molecule has 9 heteroatoms. The monoisotopic (exact) mass is 560 g/mol. The number of aromatic nitrogens is 2. The summed E-state index contributed by atoms with van der Waals surface area (Å²) in [4.78, 5) is 17.6. The molecule has 31 heavy (non-hydrogen) atoms. The molecule has 1 fully saturated rings. The number of piperidine rings is 1. The zero-order valence-corrected chi connectivity index (χ0v) is 22.4. The van der Waals surface area contributed by atoms with Gasteiger partial charge < -0.3 is 15.1 Å². The molecule has 2 N–H and O–H groups in total. The molecule has 0 saturated carbocycles. The second-order valence-electron chi connectivity index (χ2n) is 7.94. The number of guanidine groups is 1. The van der Waals surface area contributed by atoms with E-state index in [0.717, 1.165) is 75.4 Å². The van der Waals surface area contributed by atoms with E-state index in [1.54, 1.807) is 0 Å². The Morgan fingerprint density at radius 1 is 1.26 bits per heavy atom. The number of aliphatic imine (C=N–C) groups is 1. The lowest BCUT2D eigenvalue weighted by atomic mass is 9.97. The first-order valence-corrected chi connectivity index (χ1v) is 12.0. The zero-order chi connectivity index (χ0) is 21.3. The highest BCUT2D eigenvalue weighted by Gasteiger charge is 2.21. The van der Waals surface area contributed by atoms with E-state index in [1.165, 1.54) is 22.7 Å². The lowest BCUT2D eigenvalue weighted by molar-refractivity contribution is 0.166. The number of likely N-dealkylation sites (tertiary alicyclic amines) is 1. The van der Waals surface area contributed by atoms with Crippen molar-refractivity contribution in [2.45, 2.75) is 59.9 Å². The third-order valence-corrected chi connectivity index (χ3v) is 6.77. The van der Waals surface area contributed by atoms with E-state index in [9.17, 15) is 0 Å². The minimum absolute atomic E-state index is 0. The van der Waals surface area contributed by atoms with Crippen molar-refractivity contribution in [1.82, 2.24) is 25.5 Å². The van der Waals surface area contributed by atoms with Crippen molar-refractivity contribution in [3.63, 3.8) is 0 Å². The van der Waals surface area contributed by atoms with Crippen LogP contribution < -0.4 is 10.6 Å². The van der Waals surface area contributed by atoms with Crippen LogP contribution in [0.4, 0.5) is 0 Å². The maximum atomic E-state index is 5.73. The maximum absolute atomic E-state index is 5.73. The summed E-state index contributed by atoms with van der Waals surface area (Å²) in [6.07, 6.45) is 6.33. The molecule has 7 nitrogen and oxygen atoms in total. The van der Waals surface area contributed by atoms with Gasteiger partial charge in [0.15, 0.2) is 5.96 Å². The van der Waals surface area contributed by atoms with E-state index in [1.807, 2.05) is 31.4 Å². The van der Waals surface area contributed by atoms with Crippen LogP contribution >= 0.6 is 35.3 Å². The first-order valence-electron chi connectivity index (χ1n) is 11.2. The minimum Gasteiger partial charge on any atom is -0.444 e. The summed E-state index contributed by atoms with van der Waals surface area (Å²) in [5, 5.41) is 8.02. The van der Waals surface area contributed by atoms with Crippen molar-refractivity contribution < 1.29 is 4.42 Å². The summed E-state index contributed by atoms with van der Waals surface area (Å²) in [6.45, 7) is 13.8. The van der Waals surface area contributed by atoms with Gasteiger partial charge in [-0.15, -0.1) is 35.3 Å². The van der Waals surface area contributed by atoms with Crippen LogP contribution in [0.15, 0.2) is 15.6 Å². The van der Waals surface area contributed by atoms with Gasteiger partial charge in [0.05, 0.1) is 17.2 Å². The van der Waals surface area contributed by atoms with Crippen LogP contribution in [0.5, 0.6) is 0 Å². The van der Waals surface area contributed by atoms with Gasteiger partial charge in [0.25, 0.3) is 0 Å². The molecule has 2 aromatic rings. The van der Waals surface area contributed by atoms with Gasteiger partial charge in [0.2, 0.25) is 5.89 Å². The van der Waals surface area contributed by atoms with Crippen molar-refractivity contribution in [2.75, 3.05) is 32.7 Å². The van der Waals surface area contributed by atoms with Crippen LogP contribution in [0.25, 0.3) is 0 Å². The number of nitrogens with one attached hydrogen (secondary N) is 2. The first-order chi connectivity index (χ1) is 14.6. The fourth-order valence-electron chi connectivity index (χ4n) is 3.60. The van der Waals surface area contributed by atoms with Crippen LogP contribution in [0.1, 0.15) is 53.9 Å². The van der Waals surface area contributed by atoms with Gasteiger partial charge in [-0.05, 0) is 59.0 Å². The first kappa shape index (κ1) is 26.1. The molecule has 0 atom stereocenters. The van der Waals surface area contributed by atoms with Gasteiger partial charge in [0.1, 0.15) is 5.76 Å². The lowest BCUT2D eigenvalue weighted by Crippen LogP contribution is -2.39. The van der Waals surface area contributed by atoms with Crippen LogP contribution in [0.3, 0.4) is 0 Å². The van der Waals surface area contributed by atoms with Crippen molar-refractivity contribution in [2.24, 2.45) is 10.9 Å². The molecule has 0 aliphatic carbocycles. The summed E-state index contributed by atoms with van der Waals surface area (Å²) >= 11 is 1.81. The summed E-state index contributed by atoms with van der Waals surface area (Å²) in [7, 11) is 0. The molecule has 3 heterocycles. The third-order valence-electron chi connectivity index (χ3n) is 5.57. The van der Waals surface area contributed by atoms with Gasteiger partial charge in [-0.2, -0.15) is 0 Å². The summed E-state index contributed by atoms with van der Waals surface area (Å²) in [5.41, 5.74) is 0.998. The van der Waals surface area contributed by atoms with Crippen molar-refractivity contribution in [1.29, 1.82) is 0 Å². The highest BCUT2D eigenvalue weighted by molar-refractivity contribution is 14.0. The number of nitrogens with zero attached hydrogens (tertiary/aromatic N) is 4. The number of rotatable bonds is 9. The van der Waals surface area contributed by atoms with Gasteiger partial charge in [-0.1, -0.05) is 6.92 Å². The lowest BCUT2D eigenvalue weighted by Gasteiger charge is -2.30. The fraction of sp³-hybridized carbons (Fsp3) is 0.682. The maximum Gasteiger partial charge on any atom is 0.208 e. The molecule has 0 bridgehead atoms. The molecule has 3 rings (SSSR count). The molecule has 0 unspecified atom stereocenters. The van der Waals surface area contributed by atoms with E-state index < -0.39 is 0 Å². The van der Waals surface area contributed by atoms with Gasteiger partial charge in [-0.25, -0.2) is 9.97 Å². The molecule has 174 valence electrons. The number of thiazole rings is 1. The molecule has 2 aromatic heterocycles. The van der Waals surface area contributed by atoms with E-state index in [-0.39, 0.29) is 24.0 Å². The van der Waals surface area contributed by atoms with Crippen molar-refractivity contribution in [3.8, 4) is 0 Å². The van der Waals surface area contributed by atoms with Crippen LogP contribution in [-0.2, 0) is 19.4 Å². The Labute approximate surface area is 207 Å². The molecule has 1 saturated heterocycles. The minimum atomic E-state index is 0. The Hall–Kier alpha value is -1.20. The largest absolute Gasteiger partial charge is 0.444 e. The number of aryl methyl sites for hydroxylation is 3. The number of hydrogen-bond donors (Lipinski definition) is 2. The van der Waals surface area contributed by atoms with Crippen LogP contribution in [-0.4, -0.2) is 53.6 Å². The second-order valence-corrected chi connectivity index (χ2v) is 9.14. The predicted molar refractivity (Wildman–Crippen MR) is 139 cm³/mol. The molecule has 1 aliphatic rings. The highest BCUT2D eigenvalue weighted by Crippen LogP contribution is 2.20. The van der Waals surface area contributed by atoms with E-state index in [2.05, 4.69) is 39.3 Å². The predicted octanol–water partition coefficient (Wildman–Crippen LogP) is 3.94. The van der Waals surface area contributed by atoms with Gasteiger partial charge in [0, 0.05) is 37.1 Å². The van der Waals surface area contributed by atoms with Gasteiger partial charge in [-0.3, -0.25) is 9.89 Å². The summed E-state index contributed by atoms with van der Waals surface area (Å²) in [6, 6.07) is 0. The summed E-state index contributed by atoms with van der Waals surface area (Å²) in [5.74, 6) is 3.32. The number of halogens is 1. The van der Waals surface area contributed by atoms with Crippen LogP contribution in [0, 0.1) is 19.8 Å². The molecule has 0 spiro atoms.